The number of nitro groups is 2. The summed E-state index contributed by atoms with van der Waals surface area (Å²) < 4.78 is 0. The number of hydrogen-bond donors (Lipinski definition) is 4. The Morgan fingerprint density at radius 3 is 1.48 bits per heavy atom. The molecule has 16 heteroatoms. The first-order chi connectivity index (χ1) is 9.73. The van der Waals surface area contributed by atoms with Crippen molar-refractivity contribution < 1.29 is 19.7 Å². The largest absolute Gasteiger partial charge is 0.367 e. The standard InChI is InChI=1S/C5H14N10O6/c6-4(7)10-20-2-12(14(16)17)1-13(15(18)19)3-21-11-5(8)9/h1-3H2,(H4,6,7,10)(H4,8,9,11). The molecule has 120 valence electrons. The smallest absolute Gasteiger partial charge is 0.247 e. The fourth-order valence-electron chi connectivity index (χ4n) is 0.808. The summed E-state index contributed by atoms with van der Waals surface area (Å²) in [5.41, 5.74) is 19.7. The van der Waals surface area contributed by atoms with Crippen LogP contribution in [0.3, 0.4) is 0 Å². The SMILES string of the molecule is NC(N)=NOCN(CN(CON=C(N)N)[N+](=O)[O-])[N+](=O)[O-]. The van der Waals surface area contributed by atoms with Gasteiger partial charge >= 0.3 is 0 Å². The normalized spacial score (nSPS) is 9.14. The number of nitrogens with two attached hydrogens (primary N) is 4. The van der Waals surface area contributed by atoms with Crippen molar-refractivity contribution in [1.82, 2.24) is 10.0 Å². The Morgan fingerprint density at radius 1 is 0.905 bits per heavy atom. The van der Waals surface area contributed by atoms with E-state index in [-0.39, 0.29) is 0 Å². The van der Waals surface area contributed by atoms with Gasteiger partial charge in [-0.1, -0.05) is 10.0 Å². The van der Waals surface area contributed by atoms with Crippen LogP contribution in [0, 0.1) is 20.2 Å². The quantitative estimate of drug-likeness (QED) is 0.0999. The van der Waals surface area contributed by atoms with Gasteiger partial charge in [0.2, 0.25) is 32.0 Å². The van der Waals surface area contributed by atoms with Gasteiger partial charge in [0.1, 0.15) is 0 Å². The third kappa shape index (κ3) is 8.29. The van der Waals surface area contributed by atoms with Gasteiger partial charge in [0, 0.05) is 0 Å². The molecular formula is C5H14N10O6. The Bertz CT molecular complexity index is 378. The van der Waals surface area contributed by atoms with Crippen molar-refractivity contribution in [3.63, 3.8) is 0 Å². The molecule has 0 atom stereocenters. The highest BCUT2D eigenvalue weighted by Gasteiger charge is 2.26. The highest BCUT2D eigenvalue weighted by molar-refractivity contribution is 5.75. The average Bonchev–Trinajstić information content (AvgIpc) is 2.34. The summed E-state index contributed by atoms with van der Waals surface area (Å²) >= 11 is 0. The lowest BCUT2D eigenvalue weighted by atomic mass is 10.9. The first-order valence-electron chi connectivity index (χ1n) is 4.94. The van der Waals surface area contributed by atoms with Gasteiger partial charge in [-0.25, -0.2) is 20.2 Å². The zero-order valence-electron chi connectivity index (χ0n) is 10.6. The second-order valence-corrected chi connectivity index (χ2v) is 3.18. The minimum Gasteiger partial charge on any atom is -0.367 e. The molecule has 0 aromatic heterocycles. The molecule has 0 rings (SSSR count). The van der Waals surface area contributed by atoms with Crippen molar-refractivity contribution >= 4 is 11.9 Å². The molecule has 0 aliphatic carbocycles. The summed E-state index contributed by atoms with van der Waals surface area (Å²) in [7, 11) is 0. The molecule has 0 saturated carbocycles. The van der Waals surface area contributed by atoms with Gasteiger partial charge in [0.25, 0.3) is 0 Å². The molecule has 0 saturated heterocycles. The molecule has 0 fully saturated rings. The summed E-state index contributed by atoms with van der Waals surface area (Å²) in [5, 5.41) is 26.1. The Balaban J connectivity index is 4.60. The molecule has 0 unspecified atom stereocenters. The van der Waals surface area contributed by atoms with E-state index < -0.39 is 42.1 Å². The Labute approximate surface area is 116 Å². The second kappa shape index (κ2) is 8.61. The molecular weight excluding hydrogens is 296 g/mol. The van der Waals surface area contributed by atoms with Gasteiger partial charge in [-0.05, 0) is 10.3 Å². The van der Waals surface area contributed by atoms with Gasteiger partial charge in [-0.2, -0.15) is 0 Å². The molecule has 16 nitrogen and oxygen atoms in total. The maximum atomic E-state index is 10.7. The van der Waals surface area contributed by atoms with E-state index in [0.29, 0.717) is 10.0 Å². The van der Waals surface area contributed by atoms with Crippen LogP contribution in [-0.4, -0.2) is 52.1 Å². The van der Waals surface area contributed by atoms with Crippen LogP contribution < -0.4 is 22.9 Å². The third-order valence-electron chi connectivity index (χ3n) is 1.54. The van der Waals surface area contributed by atoms with Crippen LogP contribution in [0.25, 0.3) is 0 Å². The number of hydrogen-bond acceptors (Lipinski definition) is 8. The first kappa shape index (κ1) is 17.5. The maximum Gasteiger partial charge on any atom is 0.247 e. The molecule has 21 heavy (non-hydrogen) atoms. The van der Waals surface area contributed by atoms with Crippen molar-refractivity contribution in [2.45, 2.75) is 0 Å². The highest BCUT2D eigenvalue weighted by Crippen LogP contribution is 1.97. The highest BCUT2D eigenvalue weighted by atomic mass is 16.7. The topological polar surface area (TPSA) is 240 Å². The van der Waals surface area contributed by atoms with Crippen molar-refractivity contribution in [2.24, 2.45) is 33.2 Å². The molecule has 0 aliphatic rings. The van der Waals surface area contributed by atoms with E-state index >= 15 is 0 Å². The van der Waals surface area contributed by atoms with Crippen LogP contribution in [0.15, 0.2) is 10.3 Å². The van der Waals surface area contributed by atoms with E-state index in [1.807, 2.05) is 0 Å². The molecule has 0 aromatic carbocycles. The van der Waals surface area contributed by atoms with E-state index in [2.05, 4.69) is 20.0 Å². The van der Waals surface area contributed by atoms with E-state index in [1.165, 1.54) is 0 Å². The molecule has 0 heterocycles. The molecule has 0 spiro atoms. The number of rotatable bonds is 10. The van der Waals surface area contributed by atoms with E-state index in [9.17, 15) is 20.2 Å². The minimum atomic E-state index is -0.959. The lowest BCUT2D eigenvalue weighted by Crippen LogP contribution is -2.45. The summed E-state index contributed by atoms with van der Waals surface area (Å²) in [6.45, 7) is -2.32. The predicted octanol–water partition coefficient (Wildman–Crippen LogP) is -3.74. The number of hydrazine groups is 2. The molecule has 0 bridgehead atoms. The zero-order chi connectivity index (χ0) is 16.4. The van der Waals surface area contributed by atoms with Crippen LogP contribution in [0.1, 0.15) is 0 Å². The lowest BCUT2D eigenvalue weighted by molar-refractivity contribution is -0.720. The average molecular weight is 310 g/mol. The minimum absolute atomic E-state index is 0.300. The lowest BCUT2D eigenvalue weighted by Gasteiger charge is -2.17. The molecule has 0 radical (unpaired) electrons. The maximum absolute atomic E-state index is 10.7. The second-order valence-electron chi connectivity index (χ2n) is 3.18. The van der Waals surface area contributed by atoms with Gasteiger partial charge in [-0.15, -0.1) is 0 Å². The van der Waals surface area contributed by atoms with E-state index in [4.69, 9.17) is 22.9 Å². The van der Waals surface area contributed by atoms with Crippen LogP contribution >= 0.6 is 0 Å². The predicted molar refractivity (Wildman–Crippen MR) is 66.1 cm³/mol. The Morgan fingerprint density at radius 2 is 1.24 bits per heavy atom. The van der Waals surface area contributed by atoms with Crippen LogP contribution in [-0.2, 0) is 9.68 Å². The van der Waals surface area contributed by atoms with Gasteiger partial charge in [-0.3, -0.25) is 0 Å². The Kier molecular flexibility index (Phi) is 7.19. The molecule has 0 aliphatic heterocycles. The van der Waals surface area contributed by atoms with E-state index in [0.717, 1.165) is 0 Å². The van der Waals surface area contributed by atoms with Crippen molar-refractivity contribution in [3.05, 3.63) is 20.2 Å². The van der Waals surface area contributed by atoms with E-state index in [1.54, 1.807) is 0 Å². The summed E-state index contributed by atoms with van der Waals surface area (Å²) in [5.74, 6) is -0.943. The summed E-state index contributed by atoms with van der Waals surface area (Å²) in [6, 6.07) is 0. The fourth-order valence-corrected chi connectivity index (χ4v) is 0.808. The van der Waals surface area contributed by atoms with Crippen LogP contribution in [0.4, 0.5) is 0 Å². The third-order valence-corrected chi connectivity index (χ3v) is 1.54. The van der Waals surface area contributed by atoms with Gasteiger partial charge in [0.15, 0.2) is 10.1 Å². The number of oxime groups is 2. The first-order valence-corrected chi connectivity index (χ1v) is 4.94. The number of nitrogens with zero attached hydrogens (tertiary/aromatic N) is 6. The van der Waals surface area contributed by atoms with Crippen molar-refractivity contribution in [2.75, 3.05) is 20.1 Å². The summed E-state index contributed by atoms with van der Waals surface area (Å²) in [6.07, 6.45) is 0. The van der Waals surface area contributed by atoms with Gasteiger partial charge in [0.05, 0.1) is 0 Å². The molecule has 0 amide bonds. The molecule has 8 N–H and O–H groups in total. The Hall–Kier alpha value is -3.46. The van der Waals surface area contributed by atoms with Crippen LogP contribution in [0.2, 0.25) is 0 Å². The van der Waals surface area contributed by atoms with Crippen LogP contribution in [0.5, 0.6) is 0 Å². The monoisotopic (exact) mass is 310 g/mol. The van der Waals surface area contributed by atoms with Gasteiger partial charge < -0.3 is 32.6 Å². The summed E-state index contributed by atoms with van der Waals surface area (Å²) in [4.78, 5) is 30.2. The fraction of sp³-hybridized carbons (Fsp3) is 0.600. The zero-order valence-corrected chi connectivity index (χ0v) is 10.6. The van der Waals surface area contributed by atoms with Crippen molar-refractivity contribution in [3.8, 4) is 0 Å². The van der Waals surface area contributed by atoms with Crippen molar-refractivity contribution in [1.29, 1.82) is 0 Å². The molecule has 0 aromatic rings. The number of guanidine groups is 2.